The van der Waals surface area contributed by atoms with Crippen LogP contribution >= 0.6 is 34.0 Å². The third-order valence-corrected chi connectivity index (χ3v) is 13.6. The number of benzene rings is 8. The Labute approximate surface area is 300 Å². The number of rotatable bonds is 4. The van der Waals surface area contributed by atoms with Crippen molar-refractivity contribution in [2.45, 2.75) is 0 Å². The Hall–Kier alpha value is -5.52. The highest BCUT2D eigenvalue weighted by Gasteiger charge is 2.17. The van der Waals surface area contributed by atoms with Crippen molar-refractivity contribution in [2.75, 3.05) is 4.90 Å². The number of thiophene rings is 3. The maximum atomic E-state index is 2.42. The molecule has 0 radical (unpaired) electrons. The van der Waals surface area contributed by atoms with Crippen molar-refractivity contribution in [3.8, 4) is 11.1 Å². The van der Waals surface area contributed by atoms with Gasteiger partial charge in [0, 0.05) is 77.6 Å². The highest BCUT2D eigenvalue weighted by atomic mass is 32.1. The molecule has 0 amide bonds. The van der Waals surface area contributed by atoms with E-state index >= 15 is 0 Å². The molecule has 0 spiro atoms. The molecule has 8 aromatic carbocycles. The third-order valence-electron chi connectivity index (χ3n) is 10.1. The van der Waals surface area contributed by atoms with Gasteiger partial charge in [-0.2, -0.15) is 0 Å². The van der Waals surface area contributed by atoms with Crippen molar-refractivity contribution in [2.24, 2.45) is 0 Å². The summed E-state index contributed by atoms with van der Waals surface area (Å²) >= 11 is 5.62. The minimum atomic E-state index is 1.14. The first-order valence-corrected chi connectivity index (χ1v) is 19.3. The molecule has 11 aromatic rings. The molecule has 0 aliphatic heterocycles. The van der Waals surface area contributed by atoms with Crippen molar-refractivity contribution in [3.05, 3.63) is 164 Å². The lowest BCUT2D eigenvalue weighted by Gasteiger charge is -2.26. The Balaban J connectivity index is 1.06. The van der Waals surface area contributed by atoms with E-state index in [1.54, 1.807) is 0 Å². The topological polar surface area (TPSA) is 3.24 Å². The number of anilines is 3. The third kappa shape index (κ3) is 4.36. The highest BCUT2D eigenvalue weighted by molar-refractivity contribution is 7.27. The number of hydrogen-bond donors (Lipinski definition) is 0. The van der Waals surface area contributed by atoms with Crippen LogP contribution in [-0.2, 0) is 0 Å². The zero-order chi connectivity index (χ0) is 32.8. The molecule has 4 heteroatoms. The van der Waals surface area contributed by atoms with Crippen LogP contribution < -0.4 is 4.90 Å². The summed E-state index contributed by atoms with van der Waals surface area (Å²) in [7, 11) is 0. The Morgan fingerprint density at radius 1 is 0.300 bits per heavy atom. The molecule has 0 atom stereocenters. The van der Waals surface area contributed by atoms with E-state index in [1.807, 2.05) is 34.0 Å². The number of nitrogens with zero attached hydrogens (tertiary/aromatic N) is 1. The lowest BCUT2D eigenvalue weighted by Crippen LogP contribution is -2.09. The number of fused-ring (bicyclic) bond motifs is 11. The highest BCUT2D eigenvalue weighted by Crippen LogP contribution is 2.44. The minimum Gasteiger partial charge on any atom is -0.310 e. The van der Waals surface area contributed by atoms with Crippen LogP contribution in [0.1, 0.15) is 0 Å². The largest absolute Gasteiger partial charge is 0.310 e. The van der Waals surface area contributed by atoms with Crippen LogP contribution in [0.5, 0.6) is 0 Å². The molecule has 0 aliphatic carbocycles. The summed E-state index contributed by atoms with van der Waals surface area (Å²) in [6.07, 6.45) is 0. The Bertz CT molecular complexity index is 2990. The summed E-state index contributed by atoms with van der Waals surface area (Å²) in [5.41, 5.74) is 5.91. The second-order valence-electron chi connectivity index (χ2n) is 12.9. The zero-order valence-electron chi connectivity index (χ0n) is 26.8. The fourth-order valence-electron chi connectivity index (χ4n) is 7.64. The molecule has 0 aliphatic rings. The van der Waals surface area contributed by atoms with Crippen LogP contribution in [0.25, 0.3) is 82.4 Å². The number of hydrogen-bond acceptors (Lipinski definition) is 4. The Morgan fingerprint density at radius 3 is 1.48 bits per heavy atom. The van der Waals surface area contributed by atoms with E-state index in [0.717, 1.165) is 17.1 Å². The summed E-state index contributed by atoms with van der Waals surface area (Å²) in [5, 5.41) is 10.5. The first-order valence-electron chi connectivity index (χ1n) is 16.8. The average molecular weight is 690 g/mol. The van der Waals surface area contributed by atoms with Gasteiger partial charge in [-0.25, -0.2) is 0 Å². The van der Waals surface area contributed by atoms with E-state index in [2.05, 4.69) is 169 Å². The molecule has 50 heavy (non-hydrogen) atoms. The second kappa shape index (κ2) is 11.0. The summed E-state index contributed by atoms with van der Waals surface area (Å²) in [6.45, 7) is 0. The molecule has 0 unspecified atom stereocenters. The average Bonchev–Trinajstić information content (AvgIpc) is 3.86. The summed E-state index contributed by atoms with van der Waals surface area (Å²) < 4.78 is 7.97. The van der Waals surface area contributed by atoms with Gasteiger partial charge in [-0.05, 0) is 94.7 Å². The van der Waals surface area contributed by atoms with E-state index in [9.17, 15) is 0 Å². The SMILES string of the molecule is c1ccc2c(c1)ccc1c3cc(-c4ccc(N(c5ccc6sc7ccccc7c6c5)c5ccc6sc7ccccc7c6c5)cc4)ccc3sc21. The first kappa shape index (κ1) is 28.3. The monoisotopic (exact) mass is 689 g/mol. The lowest BCUT2D eigenvalue weighted by molar-refractivity contribution is 1.30. The van der Waals surface area contributed by atoms with Crippen molar-refractivity contribution in [1.82, 2.24) is 0 Å². The lowest BCUT2D eigenvalue weighted by atomic mass is 10.0. The van der Waals surface area contributed by atoms with E-state index in [0.29, 0.717) is 0 Å². The summed E-state index contributed by atoms with van der Waals surface area (Å²) in [5.74, 6) is 0. The maximum absolute atomic E-state index is 2.42. The fraction of sp³-hybridized carbons (Fsp3) is 0. The molecule has 3 heterocycles. The summed E-state index contributed by atoms with van der Waals surface area (Å²) in [6, 6.07) is 60.7. The molecular formula is C46H27NS3. The van der Waals surface area contributed by atoms with Gasteiger partial charge in [0.25, 0.3) is 0 Å². The molecule has 0 bridgehead atoms. The quantitative estimate of drug-likeness (QED) is 0.178. The van der Waals surface area contributed by atoms with E-state index in [-0.39, 0.29) is 0 Å². The maximum Gasteiger partial charge on any atom is 0.0468 e. The molecular weight excluding hydrogens is 663 g/mol. The second-order valence-corrected chi connectivity index (χ2v) is 16.1. The van der Waals surface area contributed by atoms with Crippen molar-refractivity contribution in [1.29, 1.82) is 0 Å². The molecule has 1 nitrogen and oxygen atoms in total. The molecule has 234 valence electrons. The predicted molar refractivity (Wildman–Crippen MR) is 223 cm³/mol. The molecule has 0 fully saturated rings. The van der Waals surface area contributed by atoms with Crippen LogP contribution in [0.2, 0.25) is 0 Å². The molecule has 0 N–H and O–H groups in total. The van der Waals surface area contributed by atoms with Crippen LogP contribution in [-0.4, -0.2) is 0 Å². The van der Waals surface area contributed by atoms with Gasteiger partial charge in [-0.3, -0.25) is 0 Å². The van der Waals surface area contributed by atoms with E-state index in [1.165, 1.54) is 82.4 Å². The van der Waals surface area contributed by atoms with Gasteiger partial charge in [0.1, 0.15) is 0 Å². The van der Waals surface area contributed by atoms with Crippen LogP contribution in [0.15, 0.2) is 164 Å². The van der Waals surface area contributed by atoms with Gasteiger partial charge in [-0.1, -0.05) is 91.0 Å². The normalized spacial score (nSPS) is 12.0. The Morgan fingerprint density at radius 2 is 0.800 bits per heavy atom. The molecule has 0 saturated carbocycles. The molecule has 0 saturated heterocycles. The van der Waals surface area contributed by atoms with Gasteiger partial charge in [0.05, 0.1) is 0 Å². The predicted octanol–water partition coefficient (Wildman–Crippen LogP) is 15.1. The van der Waals surface area contributed by atoms with Gasteiger partial charge in [0.2, 0.25) is 0 Å². The van der Waals surface area contributed by atoms with Gasteiger partial charge < -0.3 is 4.90 Å². The summed E-state index contributed by atoms with van der Waals surface area (Å²) in [4.78, 5) is 2.42. The zero-order valence-corrected chi connectivity index (χ0v) is 29.2. The minimum absolute atomic E-state index is 1.14. The van der Waals surface area contributed by atoms with Crippen LogP contribution in [0.4, 0.5) is 17.1 Å². The fourth-order valence-corrected chi connectivity index (χ4v) is 11.0. The van der Waals surface area contributed by atoms with Crippen LogP contribution in [0.3, 0.4) is 0 Å². The molecule has 3 aromatic heterocycles. The van der Waals surface area contributed by atoms with Crippen molar-refractivity contribution in [3.63, 3.8) is 0 Å². The first-order chi connectivity index (χ1) is 24.7. The van der Waals surface area contributed by atoms with Gasteiger partial charge in [-0.15, -0.1) is 34.0 Å². The van der Waals surface area contributed by atoms with Crippen LogP contribution in [0, 0.1) is 0 Å². The van der Waals surface area contributed by atoms with Gasteiger partial charge in [0.15, 0.2) is 0 Å². The Kier molecular flexibility index (Phi) is 6.23. The smallest absolute Gasteiger partial charge is 0.0468 e. The van der Waals surface area contributed by atoms with E-state index < -0.39 is 0 Å². The van der Waals surface area contributed by atoms with Crippen molar-refractivity contribution >= 4 is 122 Å². The van der Waals surface area contributed by atoms with Crippen molar-refractivity contribution < 1.29 is 0 Å². The molecule has 11 rings (SSSR count). The van der Waals surface area contributed by atoms with Gasteiger partial charge >= 0.3 is 0 Å². The van der Waals surface area contributed by atoms with E-state index in [4.69, 9.17) is 0 Å². The standard InChI is InChI=1S/C46H27NS3/c1-2-8-34-29(7-1)15-21-37-38-25-30(16-22-45(38)50-46(34)37)28-13-17-31(18-14-28)47(32-19-23-43-39(26-32)35-9-3-5-11-41(35)48-43)33-20-24-44-40(27-33)36-10-4-6-12-42(36)49-44/h1-27H.